The van der Waals surface area contributed by atoms with Crippen molar-refractivity contribution in [1.29, 1.82) is 0 Å². The summed E-state index contributed by atoms with van der Waals surface area (Å²) >= 11 is 0. The van der Waals surface area contributed by atoms with Crippen LogP contribution in [0, 0.1) is 0 Å². The highest BCUT2D eigenvalue weighted by atomic mass is 16.7. The van der Waals surface area contributed by atoms with Crippen molar-refractivity contribution >= 4 is 0 Å². The van der Waals surface area contributed by atoms with Crippen molar-refractivity contribution in [1.82, 2.24) is 0 Å². The third kappa shape index (κ3) is 18.0. The van der Waals surface area contributed by atoms with Crippen LogP contribution in [-0.4, -0.2) is 19.5 Å². The predicted molar refractivity (Wildman–Crippen MR) is 106 cm³/mol. The lowest BCUT2D eigenvalue weighted by Crippen LogP contribution is -2.17. The van der Waals surface area contributed by atoms with Gasteiger partial charge >= 0.3 is 0 Å². The van der Waals surface area contributed by atoms with Crippen LogP contribution >= 0.6 is 0 Å². The summed E-state index contributed by atoms with van der Waals surface area (Å²) < 4.78 is 11.2. The molecule has 0 unspecified atom stereocenters. The lowest BCUT2D eigenvalue weighted by molar-refractivity contribution is -0.140. The van der Waals surface area contributed by atoms with Crippen LogP contribution in [0.2, 0.25) is 0 Å². The van der Waals surface area contributed by atoms with Gasteiger partial charge in [-0.3, -0.25) is 0 Å². The molecule has 0 heterocycles. The molecule has 0 saturated carbocycles. The molecule has 2 heteroatoms. The molecule has 0 saturated heterocycles. The third-order valence-electron chi connectivity index (χ3n) is 4.42. The Hall–Kier alpha value is -0.340. The molecule has 0 N–H and O–H groups in total. The van der Waals surface area contributed by atoms with Gasteiger partial charge in [-0.2, -0.15) is 0 Å². The highest BCUT2D eigenvalue weighted by molar-refractivity contribution is 4.79. The van der Waals surface area contributed by atoms with Gasteiger partial charge in [0.1, 0.15) is 0 Å². The molecule has 0 aliphatic carbocycles. The summed E-state index contributed by atoms with van der Waals surface area (Å²) in [6, 6.07) is 0. The van der Waals surface area contributed by atoms with E-state index in [9.17, 15) is 0 Å². The molecule has 0 aliphatic heterocycles. The van der Waals surface area contributed by atoms with E-state index < -0.39 is 0 Å². The summed E-state index contributed by atoms with van der Waals surface area (Å²) in [6.07, 6.45) is 23.4. The van der Waals surface area contributed by atoms with Gasteiger partial charge < -0.3 is 9.47 Å². The van der Waals surface area contributed by atoms with Crippen LogP contribution in [0.5, 0.6) is 0 Å². The summed E-state index contributed by atoms with van der Waals surface area (Å²) in [5.41, 5.74) is 0. The minimum absolute atomic E-state index is 0.0254. The Morgan fingerprint density at radius 3 is 1.50 bits per heavy atom. The zero-order valence-electron chi connectivity index (χ0n) is 16.9. The molecule has 24 heavy (non-hydrogen) atoms. The molecule has 0 aromatic heterocycles. The van der Waals surface area contributed by atoms with Crippen LogP contribution in [0.15, 0.2) is 12.2 Å². The predicted octanol–water partition coefficient (Wildman–Crippen LogP) is 7.42. The van der Waals surface area contributed by atoms with Crippen molar-refractivity contribution in [2.45, 2.75) is 117 Å². The molecule has 2 nitrogen and oxygen atoms in total. The van der Waals surface area contributed by atoms with Crippen molar-refractivity contribution in [2.24, 2.45) is 0 Å². The second-order valence-corrected chi connectivity index (χ2v) is 6.69. The van der Waals surface area contributed by atoms with Gasteiger partial charge in [-0.05, 0) is 46.0 Å². The first-order valence-electron chi connectivity index (χ1n) is 10.7. The zero-order valence-corrected chi connectivity index (χ0v) is 16.9. The summed E-state index contributed by atoms with van der Waals surface area (Å²) in [4.78, 5) is 0. The van der Waals surface area contributed by atoms with Gasteiger partial charge in [0, 0.05) is 13.2 Å². The molecular weight excluding hydrogens is 296 g/mol. The first kappa shape index (κ1) is 23.7. The van der Waals surface area contributed by atoms with E-state index in [0.717, 1.165) is 19.6 Å². The van der Waals surface area contributed by atoms with Crippen molar-refractivity contribution in [3.63, 3.8) is 0 Å². The Balaban J connectivity index is 3.18. The van der Waals surface area contributed by atoms with E-state index in [2.05, 4.69) is 19.1 Å². The van der Waals surface area contributed by atoms with Crippen LogP contribution in [0.3, 0.4) is 0 Å². The normalized spacial score (nSPS) is 11.8. The number of hydrogen-bond donors (Lipinski definition) is 0. The first-order chi connectivity index (χ1) is 11.8. The molecule has 144 valence electrons. The maximum Gasteiger partial charge on any atom is 0.157 e. The molecule has 0 aliphatic rings. The van der Waals surface area contributed by atoms with Crippen molar-refractivity contribution in [3.05, 3.63) is 12.2 Å². The van der Waals surface area contributed by atoms with E-state index in [0.29, 0.717) is 0 Å². The van der Waals surface area contributed by atoms with E-state index >= 15 is 0 Å². The number of ether oxygens (including phenoxy) is 2. The van der Waals surface area contributed by atoms with Crippen LogP contribution in [0.25, 0.3) is 0 Å². The topological polar surface area (TPSA) is 18.5 Å². The van der Waals surface area contributed by atoms with Crippen molar-refractivity contribution in [3.8, 4) is 0 Å². The highest BCUT2D eigenvalue weighted by Crippen LogP contribution is 2.14. The second kappa shape index (κ2) is 20.7. The molecular formula is C22H44O2. The third-order valence-corrected chi connectivity index (χ3v) is 4.42. The van der Waals surface area contributed by atoms with E-state index in [1.807, 2.05) is 13.8 Å². The average molecular weight is 341 g/mol. The Kier molecular flexibility index (Phi) is 20.4. The molecule has 0 fully saturated rings. The molecule has 0 spiro atoms. The van der Waals surface area contributed by atoms with Gasteiger partial charge in [-0.25, -0.2) is 0 Å². The highest BCUT2D eigenvalue weighted by Gasteiger charge is 2.06. The smallest absolute Gasteiger partial charge is 0.157 e. The van der Waals surface area contributed by atoms with E-state index in [1.165, 1.54) is 83.5 Å². The van der Waals surface area contributed by atoms with Gasteiger partial charge in [0.15, 0.2) is 6.29 Å². The van der Waals surface area contributed by atoms with E-state index in [-0.39, 0.29) is 6.29 Å². The largest absolute Gasteiger partial charge is 0.353 e. The SMILES string of the molecule is CC/C=C/CCCCCCCCCCCCCC(OCC)OCC. The van der Waals surface area contributed by atoms with Gasteiger partial charge in [0.05, 0.1) is 0 Å². The molecule has 0 rings (SSSR count). The lowest BCUT2D eigenvalue weighted by Gasteiger charge is -2.16. The summed E-state index contributed by atoms with van der Waals surface area (Å²) in [5, 5.41) is 0. The van der Waals surface area contributed by atoms with E-state index in [1.54, 1.807) is 0 Å². The van der Waals surface area contributed by atoms with Gasteiger partial charge in [0.2, 0.25) is 0 Å². The maximum atomic E-state index is 5.58. The Labute approximate surface area is 152 Å². The molecule has 0 aromatic rings. The van der Waals surface area contributed by atoms with Gasteiger partial charge in [0.25, 0.3) is 0 Å². The number of rotatable bonds is 19. The second-order valence-electron chi connectivity index (χ2n) is 6.69. The summed E-state index contributed by atoms with van der Waals surface area (Å²) in [7, 11) is 0. The van der Waals surface area contributed by atoms with Crippen molar-refractivity contribution in [2.75, 3.05) is 13.2 Å². The van der Waals surface area contributed by atoms with E-state index in [4.69, 9.17) is 9.47 Å². The van der Waals surface area contributed by atoms with Crippen LogP contribution in [0.1, 0.15) is 111 Å². The summed E-state index contributed by atoms with van der Waals surface area (Å²) in [5.74, 6) is 0. The van der Waals surface area contributed by atoms with Crippen LogP contribution < -0.4 is 0 Å². The Morgan fingerprint density at radius 2 is 1.04 bits per heavy atom. The number of unbranched alkanes of at least 4 members (excludes halogenated alkanes) is 11. The minimum atomic E-state index is 0.0254. The standard InChI is InChI=1S/C22H44O2/c1-4-7-8-9-10-11-12-13-14-15-16-17-18-19-20-21-22(23-5-2)24-6-3/h7-8,22H,4-6,9-21H2,1-3H3/b8-7+. The zero-order chi connectivity index (χ0) is 17.7. The maximum absolute atomic E-state index is 5.58. The van der Waals surface area contributed by atoms with Crippen LogP contribution in [0.4, 0.5) is 0 Å². The number of allylic oxidation sites excluding steroid dienone is 2. The fourth-order valence-electron chi connectivity index (χ4n) is 3.04. The summed E-state index contributed by atoms with van der Waals surface area (Å²) in [6.45, 7) is 7.78. The van der Waals surface area contributed by atoms with Gasteiger partial charge in [-0.15, -0.1) is 0 Å². The Morgan fingerprint density at radius 1 is 0.583 bits per heavy atom. The molecule has 0 aromatic carbocycles. The molecule has 0 atom stereocenters. The molecule has 0 bridgehead atoms. The molecule has 0 amide bonds. The Bertz CT molecular complexity index is 244. The minimum Gasteiger partial charge on any atom is -0.353 e. The average Bonchev–Trinajstić information content (AvgIpc) is 2.58. The molecule has 0 radical (unpaired) electrons. The monoisotopic (exact) mass is 340 g/mol. The first-order valence-corrected chi connectivity index (χ1v) is 10.7. The van der Waals surface area contributed by atoms with Gasteiger partial charge in [-0.1, -0.05) is 76.9 Å². The quantitative estimate of drug-likeness (QED) is 0.138. The number of hydrogen-bond acceptors (Lipinski definition) is 2. The van der Waals surface area contributed by atoms with Crippen LogP contribution in [-0.2, 0) is 9.47 Å². The lowest BCUT2D eigenvalue weighted by atomic mass is 10.0. The fraction of sp³-hybridized carbons (Fsp3) is 0.909. The van der Waals surface area contributed by atoms with Crippen molar-refractivity contribution < 1.29 is 9.47 Å². The fourth-order valence-corrected chi connectivity index (χ4v) is 3.04.